The molecule has 0 aromatic heterocycles. The average Bonchev–Trinajstić information content (AvgIpc) is 2.50. The molecule has 2 aromatic rings. The minimum absolute atomic E-state index is 0.215. The molecule has 0 radical (unpaired) electrons. The van der Waals surface area contributed by atoms with Gasteiger partial charge in [-0.2, -0.15) is 0 Å². The Labute approximate surface area is 130 Å². The lowest BCUT2D eigenvalue weighted by molar-refractivity contribution is 0.173. The molecule has 0 fully saturated rings. The molecule has 6 heteroatoms. The third-order valence-corrected chi connectivity index (χ3v) is 4.19. The molecule has 2 rings (SSSR count). The number of aliphatic hydroxyl groups excluding tert-OH is 1. The molecular weight excluding hydrogens is 308 g/mol. The first-order valence-electron chi connectivity index (χ1n) is 6.73. The Hall–Kier alpha value is -1.63. The maximum absolute atomic E-state index is 13.1. The molecule has 0 spiro atoms. The van der Waals surface area contributed by atoms with Crippen LogP contribution in [0.5, 0.6) is 0 Å². The Morgan fingerprint density at radius 3 is 2.41 bits per heavy atom. The van der Waals surface area contributed by atoms with Crippen molar-refractivity contribution in [2.24, 2.45) is 0 Å². The molecule has 3 nitrogen and oxygen atoms in total. The van der Waals surface area contributed by atoms with Gasteiger partial charge >= 0.3 is 0 Å². The predicted octanol–water partition coefficient (Wildman–Crippen LogP) is 2.53. The average molecular weight is 325 g/mol. The summed E-state index contributed by atoms with van der Waals surface area (Å²) in [5.74, 6) is -1.91. The Kier molecular flexibility index (Phi) is 5.76. The predicted molar refractivity (Wildman–Crippen MR) is 81.8 cm³/mol. The molecule has 2 aromatic carbocycles. The molecule has 2 unspecified atom stereocenters. The van der Waals surface area contributed by atoms with Crippen LogP contribution >= 0.6 is 0 Å². The van der Waals surface area contributed by atoms with Gasteiger partial charge < -0.3 is 10.4 Å². The molecule has 0 aliphatic carbocycles. The smallest absolute Gasteiger partial charge is 0.159 e. The first-order chi connectivity index (χ1) is 10.5. The van der Waals surface area contributed by atoms with Crippen LogP contribution < -0.4 is 5.32 Å². The van der Waals surface area contributed by atoms with Crippen LogP contribution in [0, 0.1) is 11.6 Å². The minimum Gasteiger partial charge on any atom is -0.387 e. The summed E-state index contributed by atoms with van der Waals surface area (Å²) in [6.45, 7) is 0.726. The van der Waals surface area contributed by atoms with Crippen LogP contribution in [-0.2, 0) is 17.3 Å². The third-order valence-electron chi connectivity index (χ3n) is 3.25. The second kappa shape index (κ2) is 7.58. The maximum atomic E-state index is 13.1. The molecule has 0 bridgehead atoms. The molecule has 118 valence electrons. The van der Waals surface area contributed by atoms with E-state index in [0.717, 1.165) is 22.6 Å². The highest BCUT2D eigenvalue weighted by atomic mass is 32.2. The fourth-order valence-corrected chi connectivity index (χ4v) is 2.51. The van der Waals surface area contributed by atoms with Gasteiger partial charge in [-0.25, -0.2) is 8.78 Å². The fraction of sp³-hybridized carbons (Fsp3) is 0.250. The van der Waals surface area contributed by atoms with Gasteiger partial charge in [-0.1, -0.05) is 18.2 Å². The third kappa shape index (κ3) is 4.43. The first-order valence-corrected chi connectivity index (χ1v) is 8.29. The summed E-state index contributed by atoms with van der Waals surface area (Å²) >= 11 is 0. The van der Waals surface area contributed by atoms with Gasteiger partial charge in [0, 0.05) is 35.0 Å². The van der Waals surface area contributed by atoms with Crippen LogP contribution in [0.15, 0.2) is 47.4 Å². The van der Waals surface area contributed by atoms with E-state index in [4.69, 9.17) is 0 Å². The van der Waals surface area contributed by atoms with Crippen molar-refractivity contribution in [3.63, 3.8) is 0 Å². The standard InChI is InChI=1S/C16H17F2NO2S/c1-22(21)13-5-2-11(3-6-13)9-19-10-16(20)12-4-7-14(17)15(18)8-12/h2-8,16,19-20H,9-10H2,1H3. The zero-order valence-electron chi connectivity index (χ0n) is 12.1. The topological polar surface area (TPSA) is 49.3 Å². The summed E-state index contributed by atoms with van der Waals surface area (Å²) < 4.78 is 37.2. The second-order valence-electron chi connectivity index (χ2n) is 4.92. The van der Waals surface area contributed by atoms with Gasteiger partial charge in [0.1, 0.15) is 0 Å². The second-order valence-corrected chi connectivity index (χ2v) is 6.30. The van der Waals surface area contributed by atoms with Crippen LogP contribution in [0.4, 0.5) is 8.78 Å². The van der Waals surface area contributed by atoms with Gasteiger partial charge in [-0.05, 0) is 35.4 Å². The normalized spacial score (nSPS) is 13.8. The molecular formula is C16H17F2NO2S. The van der Waals surface area contributed by atoms with E-state index in [1.54, 1.807) is 18.4 Å². The van der Waals surface area contributed by atoms with Crippen molar-refractivity contribution in [3.05, 3.63) is 65.2 Å². The number of rotatable bonds is 6. The Bertz CT molecular complexity index is 662. The fourth-order valence-electron chi connectivity index (χ4n) is 1.99. The van der Waals surface area contributed by atoms with E-state index in [1.165, 1.54) is 6.07 Å². The van der Waals surface area contributed by atoms with Crippen LogP contribution in [0.2, 0.25) is 0 Å². The highest BCUT2D eigenvalue weighted by Crippen LogP contribution is 2.16. The molecule has 0 aliphatic rings. The first kappa shape index (κ1) is 16.7. The number of benzene rings is 2. The van der Waals surface area contributed by atoms with Crippen molar-refractivity contribution in [3.8, 4) is 0 Å². The van der Waals surface area contributed by atoms with Gasteiger partial charge in [0.25, 0.3) is 0 Å². The van der Waals surface area contributed by atoms with Crippen molar-refractivity contribution >= 4 is 10.8 Å². The van der Waals surface area contributed by atoms with Gasteiger partial charge in [-0.3, -0.25) is 4.21 Å². The molecule has 0 aliphatic heterocycles. The van der Waals surface area contributed by atoms with Crippen molar-refractivity contribution in [1.29, 1.82) is 0 Å². The zero-order chi connectivity index (χ0) is 16.1. The SMILES string of the molecule is CS(=O)c1ccc(CNCC(O)c2ccc(F)c(F)c2)cc1. The number of hydrogen-bond acceptors (Lipinski definition) is 3. The van der Waals surface area contributed by atoms with E-state index in [0.29, 0.717) is 12.1 Å². The Balaban J connectivity index is 1.87. The van der Waals surface area contributed by atoms with E-state index in [1.807, 2.05) is 12.1 Å². The van der Waals surface area contributed by atoms with E-state index >= 15 is 0 Å². The number of nitrogens with one attached hydrogen (secondary N) is 1. The van der Waals surface area contributed by atoms with Gasteiger partial charge in [-0.15, -0.1) is 0 Å². The highest BCUT2D eigenvalue weighted by molar-refractivity contribution is 7.84. The lowest BCUT2D eigenvalue weighted by Gasteiger charge is -2.12. The lowest BCUT2D eigenvalue weighted by Crippen LogP contribution is -2.21. The molecule has 2 atom stereocenters. The van der Waals surface area contributed by atoms with Gasteiger partial charge in [0.05, 0.1) is 6.10 Å². The number of hydrogen-bond donors (Lipinski definition) is 2. The molecule has 0 saturated carbocycles. The summed E-state index contributed by atoms with van der Waals surface area (Å²) in [5.41, 5.74) is 1.30. The number of halogens is 2. The van der Waals surface area contributed by atoms with Crippen molar-refractivity contribution in [1.82, 2.24) is 5.32 Å². The van der Waals surface area contributed by atoms with E-state index in [2.05, 4.69) is 5.32 Å². The monoisotopic (exact) mass is 325 g/mol. The minimum atomic E-state index is -1.01. The highest BCUT2D eigenvalue weighted by Gasteiger charge is 2.10. The summed E-state index contributed by atoms with van der Waals surface area (Å²) in [6.07, 6.45) is 0.698. The van der Waals surface area contributed by atoms with Crippen LogP contribution in [0.3, 0.4) is 0 Å². The summed E-state index contributed by atoms with van der Waals surface area (Å²) in [7, 11) is -1.01. The van der Waals surface area contributed by atoms with Crippen molar-refractivity contribution in [2.75, 3.05) is 12.8 Å². The van der Waals surface area contributed by atoms with Crippen LogP contribution in [0.25, 0.3) is 0 Å². The lowest BCUT2D eigenvalue weighted by atomic mass is 10.1. The largest absolute Gasteiger partial charge is 0.387 e. The van der Waals surface area contributed by atoms with Crippen molar-refractivity contribution < 1.29 is 18.1 Å². The van der Waals surface area contributed by atoms with Crippen LogP contribution in [0.1, 0.15) is 17.2 Å². The summed E-state index contributed by atoms with van der Waals surface area (Å²) in [4.78, 5) is 0.755. The molecule has 22 heavy (non-hydrogen) atoms. The zero-order valence-corrected chi connectivity index (χ0v) is 12.9. The molecule has 0 saturated heterocycles. The van der Waals surface area contributed by atoms with E-state index in [9.17, 15) is 18.1 Å². The molecule has 0 heterocycles. The van der Waals surface area contributed by atoms with E-state index in [-0.39, 0.29) is 6.54 Å². The Morgan fingerprint density at radius 1 is 1.14 bits per heavy atom. The van der Waals surface area contributed by atoms with Gasteiger partial charge in [0.15, 0.2) is 11.6 Å². The quantitative estimate of drug-likeness (QED) is 0.858. The molecule has 0 amide bonds. The maximum Gasteiger partial charge on any atom is 0.159 e. The summed E-state index contributed by atoms with van der Waals surface area (Å²) in [5, 5.41) is 13.0. The van der Waals surface area contributed by atoms with Crippen LogP contribution in [-0.4, -0.2) is 22.1 Å². The summed E-state index contributed by atoms with van der Waals surface area (Å²) in [6, 6.07) is 10.6. The Morgan fingerprint density at radius 2 is 1.82 bits per heavy atom. The van der Waals surface area contributed by atoms with E-state index < -0.39 is 28.5 Å². The number of aliphatic hydroxyl groups is 1. The molecule has 2 N–H and O–H groups in total. The van der Waals surface area contributed by atoms with Crippen molar-refractivity contribution in [2.45, 2.75) is 17.5 Å². The van der Waals surface area contributed by atoms with Gasteiger partial charge in [0.2, 0.25) is 0 Å².